The number of carbonyl (C=O) groups excluding carboxylic acids is 1. The van der Waals surface area contributed by atoms with Crippen molar-refractivity contribution in [2.75, 3.05) is 39.8 Å². The molecule has 4 nitrogen and oxygen atoms in total. The SMILES string of the molecule is C[C@@H]1CNC[C@H]1C(=O)N1CCN(C)C(C)(C)C1. The zero-order chi connectivity index (χ0) is 12.6. The molecule has 0 aromatic heterocycles. The first kappa shape index (κ1) is 12.8. The van der Waals surface area contributed by atoms with Gasteiger partial charge in [0.25, 0.3) is 0 Å². The molecule has 2 atom stereocenters. The summed E-state index contributed by atoms with van der Waals surface area (Å²) in [5.74, 6) is 1.02. The number of carbonyl (C=O) groups is 1. The molecule has 2 aliphatic heterocycles. The van der Waals surface area contributed by atoms with Crippen molar-refractivity contribution in [2.24, 2.45) is 11.8 Å². The van der Waals surface area contributed by atoms with Gasteiger partial charge in [0.1, 0.15) is 0 Å². The van der Waals surface area contributed by atoms with E-state index in [9.17, 15) is 4.79 Å². The number of amides is 1. The fourth-order valence-corrected chi connectivity index (χ4v) is 2.80. The summed E-state index contributed by atoms with van der Waals surface area (Å²) < 4.78 is 0. The molecule has 0 spiro atoms. The minimum absolute atomic E-state index is 0.100. The summed E-state index contributed by atoms with van der Waals surface area (Å²) in [5, 5.41) is 3.31. The lowest BCUT2D eigenvalue weighted by Gasteiger charge is -2.46. The van der Waals surface area contributed by atoms with Crippen LogP contribution in [0.15, 0.2) is 0 Å². The van der Waals surface area contributed by atoms with Crippen LogP contribution in [0.4, 0.5) is 0 Å². The molecule has 4 heteroatoms. The van der Waals surface area contributed by atoms with E-state index in [0.29, 0.717) is 11.8 Å². The second-order valence-electron chi connectivity index (χ2n) is 6.24. The van der Waals surface area contributed by atoms with Crippen LogP contribution in [-0.2, 0) is 4.79 Å². The van der Waals surface area contributed by atoms with Gasteiger partial charge < -0.3 is 10.2 Å². The Kier molecular flexibility index (Phi) is 3.46. The minimum Gasteiger partial charge on any atom is -0.339 e. The Hall–Kier alpha value is -0.610. The van der Waals surface area contributed by atoms with E-state index in [2.05, 4.69) is 42.9 Å². The van der Waals surface area contributed by atoms with Crippen LogP contribution in [0.2, 0.25) is 0 Å². The van der Waals surface area contributed by atoms with Crippen LogP contribution in [0.1, 0.15) is 20.8 Å². The summed E-state index contributed by atoms with van der Waals surface area (Å²) in [4.78, 5) is 16.9. The Bertz CT molecular complexity index is 303. The number of hydrogen-bond acceptors (Lipinski definition) is 3. The van der Waals surface area contributed by atoms with Gasteiger partial charge in [-0.3, -0.25) is 9.69 Å². The smallest absolute Gasteiger partial charge is 0.227 e. The topological polar surface area (TPSA) is 35.6 Å². The number of rotatable bonds is 1. The van der Waals surface area contributed by atoms with E-state index in [1.165, 1.54) is 0 Å². The van der Waals surface area contributed by atoms with Crippen LogP contribution < -0.4 is 5.32 Å². The molecule has 0 aromatic carbocycles. The number of piperazine rings is 1. The molecule has 0 bridgehead atoms. The molecular weight excluding hydrogens is 214 g/mol. The predicted octanol–water partition coefficient (Wildman–Crippen LogP) is 0.395. The van der Waals surface area contributed by atoms with E-state index >= 15 is 0 Å². The van der Waals surface area contributed by atoms with Crippen molar-refractivity contribution in [3.63, 3.8) is 0 Å². The standard InChI is InChI=1S/C13H25N3O/c1-10-7-14-8-11(10)12(17)16-6-5-15(4)13(2,3)9-16/h10-11,14H,5-9H2,1-4H3/t10-,11-/m1/s1. The summed E-state index contributed by atoms with van der Waals surface area (Å²) in [6.07, 6.45) is 0. The van der Waals surface area contributed by atoms with Crippen molar-refractivity contribution in [2.45, 2.75) is 26.3 Å². The van der Waals surface area contributed by atoms with E-state index in [-0.39, 0.29) is 11.5 Å². The number of likely N-dealkylation sites (N-methyl/N-ethyl adjacent to an activating group) is 1. The highest BCUT2D eigenvalue weighted by Gasteiger charge is 2.38. The van der Waals surface area contributed by atoms with Gasteiger partial charge in [0.05, 0.1) is 5.92 Å². The molecule has 0 aliphatic carbocycles. The fraction of sp³-hybridized carbons (Fsp3) is 0.923. The van der Waals surface area contributed by atoms with Gasteiger partial charge in [0.15, 0.2) is 0 Å². The largest absolute Gasteiger partial charge is 0.339 e. The molecule has 2 aliphatic rings. The summed E-state index contributed by atoms with van der Waals surface area (Å²) >= 11 is 0. The lowest BCUT2D eigenvalue weighted by atomic mass is 9.94. The zero-order valence-corrected chi connectivity index (χ0v) is 11.5. The Morgan fingerprint density at radius 3 is 2.53 bits per heavy atom. The molecule has 2 heterocycles. The molecule has 2 rings (SSSR count). The number of nitrogens with zero attached hydrogens (tertiary/aromatic N) is 2. The average molecular weight is 239 g/mol. The third-order valence-corrected chi connectivity index (χ3v) is 4.46. The number of hydrogen-bond donors (Lipinski definition) is 1. The molecule has 0 aromatic rings. The molecule has 17 heavy (non-hydrogen) atoms. The Morgan fingerprint density at radius 1 is 1.29 bits per heavy atom. The average Bonchev–Trinajstić information content (AvgIpc) is 2.67. The molecule has 0 saturated carbocycles. The minimum atomic E-state index is 0.100. The highest BCUT2D eigenvalue weighted by atomic mass is 16.2. The quantitative estimate of drug-likeness (QED) is 0.719. The van der Waals surface area contributed by atoms with E-state index < -0.39 is 0 Å². The van der Waals surface area contributed by atoms with Gasteiger partial charge in [-0.25, -0.2) is 0 Å². The van der Waals surface area contributed by atoms with Crippen LogP contribution in [0, 0.1) is 11.8 Å². The predicted molar refractivity (Wildman–Crippen MR) is 68.8 cm³/mol. The maximum Gasteiger partial charge on any atom is 0.227 e. The van der Waals surface area contributed by atoms with E-state index in [1.807, 2.05) is 0 Å². The normalized spacial score (nSPS) is 34.0. The van der Waals surface area contributed by atoms with E-state index in [4.69, 9.17) is 0 Å². The Labute approximate surface area is 104 Å². The van der Waals surface area contributed by atoms with E-state index in [0.717, 1.165) is 32.7 Å². The van der Waals surface area contributed by atoms with Gasteiger partial charge >= 0.3 is 0 Å². The van der Waals surface area contributed by atoms with Gasteiger partial charge in [-0.2, -0.15) is 0 Å². The van der Waals surface area contributed by atoms with Crippen molar-refractivity contribution in [3.05, 3.63) is 0 Å². The molecule has 1 N–H and O–H groups in total. The lowest BCUT2D eigenvalue weighted by molar-refractivity contribution is -0.140. The van der Waals surface area contributed by atoms with Gasteiger partial charge in [-0.15, -0.1) is 0 Å². The Balaban J connectivity index is 2.01. The van der Waals surface area contributed by atoms with Crippen LogP contribution in [0.25, 0.3) is 0 Å². The van der Waals surface area contributed by atoms with Gasteiger partial charge in [0, 0.05) is 31.7 Å². The number of nitrogens with one attached hydrogen (secondary N) is 1. The molecule has 1 amide bonds. The highest BCUT2D eigenvalue weighted by Crippen LogP contribution is 2.24. The Morgan fingerprint density at radius 2 is 2.00 bits per heavy atom. The molecule has 2 saturated heterocycles. The van der Waals surface area contributed by atoms with Gasteiger partial charge in [-0.05, 0) is 33.4 Å². The van der Waals surface area contributed by atoms with Crippen LogP contribution >= 0.6 is 0 Å². The van der Waals surface area contributed by atoms with Crippen LogP contribution in [-0.4, -0.2) is 61.0 Å². The second-order valence-corrected chi connectivity index (χ2v) is 6.24. The van der Waals surface area contributed by atoms with Crippen LogP contribution in [0.3, 0.4) is 0 Å². The van der Waals surface area contributed by atoms with Gasteiger partial charge in [0.2, 0.25) is 5.91 Å². The molecule has 2 fully saturated rings. The highest BCUT2D eigenvalue weighted by molar-refractivity contribution is 5.80. The zero-order valence-electron chi connectivity index (χ0n) is 11.5. The van der Waals surface area contributed by atoms with E-state index in [1.54, 1.807) is 0 Å². The first-order valence-electron chi connectivity index (χ1n) is 6.62. The first-order valence-corrected chi connectivity index (χ1v) is 6.62. The van der Waals surface area contributed by atoms with Crippen LogP contribution in [0.5, 0.6) is 0 Å². The van der Waals surface area contributed by atoms with Crippen molar-refractivity contribution >= 4 is 5.91 Å². The first-order chi connectivity index (χ1) is 7.92. The molecule has 98 valence electrons. The lowest BCUT2D eigenvalue weighted by Crippen LogP contribution is -2.60. The monoisotopic (exact) mass is 239 g/mol. The molecule has 0 radical (unpaired) electrons. The van der Waals surface area contributed by atoms with Crippen molar-refractivity contribution in [1.29, 1.82) is 0 Å². The summed E-state index contributed by atoms with van der Waals surface area (Å²) in [6.45, 7) is 11.1. The van der Waals surface area contributed by atoms with Crippen molar-refractivity contribution in [3.8, 4) is 0 Å². The van der Waals surface area contributed by atoms with Crippen molar-refractivity contribution in [1.82, 2.24) is 15.1 Å². The third-order valence-electron chi connectivity index (χ3n) is 4.46. The van der Waals surface area contributed by atoms with Crippen molar-refractivity contribution < 1.29 is 4.79 Å². The maximum atomic E-state index is 12.5. The molecule has 0 unspecified atom stereocenters. The summed E-state index contributed by atoms with van der Waals surface area (Å²) in [5.41, 5.74) is 0.100. The summed E-state index contributed by atoms with van der Waals surface area (Å²) in [7, 11) is 2.14. The molecular formula is C13H25N3O. The second kappa shape index (κ2) is 4.58. The maximum absolute atomic E-state index is 12.5. The summed E-state index contributed by atoms with van der Waals surface area (Å²) in [6, 6.07) is 0. The van der Waals surface area contributed by atoms with Gasteiger partial charge in [-0.1, -0.05) is 6.92 Å². The third kappa shape index (κ3) is 2.47. The fourth-order valence-electron chi connectivity index (χ4n) is 2.80.